The van der Waals surface area contributed by atoms with Crippen molar-refractivity contribution in [1.29, 1.82) is 0 Å². The van der Waals surface area contributed by atoms with Crippen molar-refractivity contribution in [3.63, 3.8) is 0 Å². The van der Waals surface area contributed by atoms with Gasteiger partial charge in [-0.25, -0.2) is 0 Å². The first-order valence-electron chi connectivity index (χ1n) is 9.95. The van der Waals surface area contributed by atoms with E-state index in [1.54, 1.807) is 0 Å². The SMILES string of the molecule is CN=C(NCCCN(C(C)C)C(C)C)NCC(C)Cn1nc(C)cc1C. The lowest BCUT2D eigenvalue weighted by Gasteiger charge is -2.30. The van der Waals surface area contributed by atoms with Gasteiger partial charge in [0.2, 0.25) is 0 Å². The first kappa shape index (κ1) is 22.5. The van der Waals surface area contributed by atoms with Crippen molar-refractivity contribution in [1.82, 2.24) is 25.3 Å². The molecule has 0 amide bonds. The number of aromatic nitrogens is 2. The molecule has 6 heteroatoms. The van der Waals surface area contributed by atoms with Crippen LogP contribution in [0.4, 0.5) is 0 Å². The molecule has 1 rings (SSSR count). The Bertz CT molecular complexity index is 538. The molecule has 0 aliphatic rings. The van der Waals surface area contributed by atoms with Gasteiger partial charge >= 0.3 is 0 Å². The third kappa shape index (κ3) is 7.77. The molecule has 1 unspecified atom stereocenters. The van der Waals surface area contributed by atoms with Crippen molar-refractivity contribution in [3.8, 4) is 0 Å². The minimum Gasteiger partial charge on any atom is -0.356 e. The predicted octanol–water partition coefficient (Wildman–Crippen LogP) is 2.81. The molecule has 0 bridgehead atoms. The van der Waals surface area contributed by atoms with Crippen LogP contribution in [0.25, 0.3) is 0 Å². The van der Waals surface area contributed by atoms with E-state index >= 15 is 0 Å². The highest BCUT2D eigenvalue weighted by Gasteiger charge is 2.12. The Hall–Kier alpha value is -1.56. The molecule has 2 N–H and O–H groups in total. The lowest BCUT2D eigenvalue weighted by molar-refractivity contribution is 0.173. The van der Waals surface area contributed by atoms with Crippen LogP contribution < -0.4 is 10.6 Å². The molecule has 1 atom stereocenters. The van der Waals surface area contributed by atoms with E-state index in [4.69, 9.17) is 0 Å². The summed E-state index contributed by atoms with van der Waals surface area (Å²) in [4.78, 5) is 6.86. The summed E-state index contributed by atoms with van der Waals surface area (Å²) in [7, 11) is 1.83. The summed E-state index contributed by atoms with van der Waals surface area (Å²) in [6, 6.07) is 3.29. The Labute approximate surface area is 160 Å². The van der Waals surface area contributed by atoms with Gasteiger partial charge in [0.15, 0.2) is 5.96 Å². The van der Waals surface area contributed by atoms with Gasteiger partial charge in [-0.2, -0.15) is 5.10 Å². The molecular weight excluding hydrogens is 324 g/mol. The molecular formula is C20H40N6. The number of nitrogens with zero attached hydrogens (tertiary/aromatic N) is 4. The highest BCUT2D eigenvalue weighted by atomic mass is 15.3. The van der Waals surface area contributed by atoms with Crippen LogP contribution in [0.1, 0.15) is 52.4 Å². The second kappa shape index (κ2) is 11.2. The summed E-state index contributed by atoms with van der Waals surface area (Å²) < 4.78 is 2.09. The van der Waals surface area contributed by atoms with Gasteiger partial charge in [0.05, 0.1) is 5.69 Å². The number of aryl methyl sites for hydroxylation is 2. The lowest BCUT2D eigenvalue weighted by atomic mass is 10.2. The Morgan fingerprint density at radius 1 is 1.15 bits per heavy atom. The van der Waals surface area contributed by atoms with Crippen LogP contribution in [0.15, 0.2) is 11.1 Å². The smallest absolute Gasteiger partial charge is 0.190 e. The number of hydrogen-bond acceptors (Lipinski definition) is 3. The zero-order chi connectivity index (χ0) is 19.7. The molecule has 6 nitrogen and oxygen atoms in total. The summed E-state index contributed by atoms with van der Waals surface area (Å²) in [5.74, 6) is 1.36. The normalized spacial score (nSPS) is 13.7. The van der Waals surface area contributed by atoms with Gasteiger partial charge < -0.3 is 10.6 Å². The Kier molecular flexibility index (Phi) is 9.70. The number of guanidine groups is 1. The third-order valence-electron chi connectivity index (χ3n) is 4.64. The van der Waals surface area contributed by atoms with Crippen LogP contribution >= 0.6 is 0 Å². The van der Waals surface area contributed by atoms with Gasteiger partial charge in [0.25, 0.3) is 0 Å². The maximum absolute atomic E-state index is 4.54. The van der Waals surface area contributed by atoms with Crippen LogP contribution in [0.5, 0.6) is 0 Å². The number of aliphatic imine (C=N–C) groups is 1. The van der Waals surface area contributed by atoms with Crippen LogP contribution in [-0.4, -0.2) is 59.4 Å². The molecule has 0 spiro atoms. The molecule has 1 aromatic heterocycles. The van der Waals surface area contributed by atoms with Gasteiger partial charge in [-0.3, -0.25) is 14.6 Å². The van der Waals surface area contributed by atoms with Crippen LogP contribution in [0.2, 0.25) is 0 Å². The first-order valence-corrected chi connectivity index (χ1v) is 9.95. The maximum atomic E-state index is 4.54. The zero-order valence-electron chi connectivity index (χ0n) is 18.1. The average Bonchev–Trinajstić information content (AvgIpc) is 2.86. The van der Waals surface area contributed by atoms with E-state index in [0.717, 1.165) is 44.3 Å². The van der Waals surface area contributed by atoms with Crippen molar-refractivity contribution in [2.24, 2.45) is 10.9 Å². The van der Waals surface area contributed by atoms with Crippen LogP contribution in [0, 0.1) is 19.8 Å². The highest BCUT2D eigenvalue weighted by molar-refractivity contribution is 5.79. The Balaban J connectivity index is 2.31. The van der Waals surface area contributed by atoms with Crippen molar-refractivity contribution < 1.29 is 0 Å². The molecule has 1 heterocycles. The fourth-order valence-corrected chi connectivity index (χ4v) is 3.29. The summed E-state index contributed by atoms with van der Waals surface area (Å²) >= 11 is 0. The molecule has 0 saturated heterocycles. The third-order valence-corrected chi connectivity index (χ3v) is 4.64. The molecule has 0 aromatic carbocycles. The molecule has 0 radical (unpaired) electrons. The van der Waals surface area contributed by atoms with E-state index in [1.807, 2.05) is 14.0 Å². The van der Waals surface area contributed by atoms with E-state index in [0.29, 0.717) is 18.0 Å². The molecule has 0 aliphatic heterocycles. The number of rotatable bonds is 10. The van der Waals surface area contributed by atoms with Crippen molar-refractivity contribution >= 4 is 5.96 Å². The van der Waals surface area contributed by atoms with E-state index in [-0.39, 0.29) is 0 Å². The maximum Gasteiger partial charge on any atom is 0.190 e. The summed E-state index contributed by atoms with van der Waals surface area (Å²) in [5, 5.41) is 11.4. The largest absolute Gasteiger partial charge is 0.356 e. The zero-order valence-corrected chi connectivity index (χ0v) is 18.1. The molecule has 1 aromatic rings. The molecule has 150 valence electrons. The van der Waals surface area contributed by atoms with Gasteiger partial charge in [-0.05, 0) is 59.9 Å². The minimum absolute atomic E-state index is 0.476. The van der Waals surface area contributed by atoms with Gasteiger partial charge in [0, 0.05) is 51.0 Å². The van der Waals surface area contributed by atoms with E-state index in [9.17, 15) is 0 Å². The minimum atomic E-state index is 0.476. The highest BCUT2D eigenvalue weighted by Crippen LogP contribution is 2.06. The molecule has 0 saturated carbocycles. The van der Waals surface area contributed by atoms with E-state index in [2.05, 4.69) is 77.9 Å². The first-order chi connectivity index (χ1) is 12.2. The van der Waals surface area contributed by atoms with Gasteiger partial charge in [-0.1, -0.05) is 6.92 Å². The summed E-state index contributed by atoms with van der Waals surface area (Å²) in [6.45, 7) is 19.3. The fourth-order valence-electron chi connectivity index (χ4n) is 3.29. The van der Waals surface area contributed by atoms with Crippen LogP contribution in [0.3, 0.4) is 0 Å². The molecule has 0 fully saturated rings. The van der Waals surface area contributed by atoms with Gasteiger partial charge in [-0.15, -0.1) is 0 Å². The Morgan fingerprint density at radius 2 is 1.81 bits per heavy atom. The van der Waals surface area contributed by atoms with Crippen molar-refractivity contribution in [2.75, 3.05) is 26.7 Å². The van der Waals surface area contributed by atoms with E-state index < -0.39 is 0 Å². The Morgan fingerprint density at radius 3 is 2.31 bits per heavy atom. The fraction of sp³-hybridized carbons (Fsp3) is 0.800. The average molecular weight is 365 g/mol. The molecule has 0 aliphatic carbocycles. The molecule has 26 heavy (non-hydrogen) atoms. The second-order valence-corrected chi connectivity index (χ2v) is 7.87. The quantitative estimate of drug-likeness (QED) is 0.381. The number of hydrogen-bond donors (Lipinski definition) is 2. The monoisotopic (exact) mass is 364 g/mol. The second-order valence-electron chi connectivity index (χ2n) is 7.87. The lowest BCUT2D eigenvalue weighted by Crippen LogP contribution is -2.42. The summed E-state index contributed by atoms with van der Waals surface area (Å²) in [5.41, 5.74) is 2.30. The van der Waals surface area contributed by atoms with Crippen molar-refractivity contribution in [3.05, 3.63) is 17.5 Å². The predicted molar refractivity (Wildman–Crippen MR) is 112 cm³/mol. The van der Waals surface area contributed by atoms with E-state index in [1.165, 1.54) is 5.69 Å². The summed E-state index contributed by atoms with van der Waals surface area (Å²) in [6.07, 6.45) is 1.11. The standard InChI is InChI=1S/C20H40N6/c1-15(2)25(16(3)4)11-9-10-22-20(21-8)23-13-17(5)14-26-19(7)12-18(6)24-26/h12,15-17H,9-11,13-14H2,1-8H3,(H2,21,22,23). The van der Waals surface area contributed by atoms with Gasteiger partial charge in [0.1, 0.15) is 0 Å². The number of nitrogens with one attached hydrogen (secondary N) is 2. The topological polar surface area (TPSA) is 57.5 Å². The van der Waals surface area contributed by atoms with Crippen molar-refractivity contribution in [2.45, 2.75) is 73.5 Å². The van der Waals surface area contributed by atoms with Crippen LogP contribution in [-0.2, 0) is 6.54 Å².